The number of anilines is 1. The van der Waals surface area contributed by atoms with Crippen molar-refractivity contribution in [3.05, 3.63) is 38.8 Å². The number of pyridine rings is 1. The molecule has 3 aromatic heterocycles. The number of nitrogens with zero attached hydrogens (tertiary/aromatic N) is 2. The molecule has 6 nitrogen and oxygen atoms in total. The third-order valence-electron chi connectivity index (χ3n) is 3.60. The molecular weight excluding hydrogens is 378 g/mol. The van der Waals surface area contributed by atoms with Gasteiger partial charge in [-0.25, -0.2) is 4.98 Å². The molecular formula is C15H16BrN5OS. The molecule has 23 heavy (non-hydrogen) atoms. The number of carbonyl (C=O) groups is 1. The molecule has 0 aliphatic carbocycles. The molecule has 120 valence electrons. The summed E-state index contributed by atoms with van der Waals surface area (Å²) in [4.78, 5) is 17.6. The van der Waals surface area contributed by atoms with Crippen LogP contribution in [0.25, 0.3) is 11.0 Å². The predicted molar refractivity (Wildman–Crippen MR) is 95.7 cm³/mol. The summed E-state index contributed by atoms with van der Waals surface area (Å²) in [6.07, 6.45) is 1.95. The van der Waals surface area contributed by atoms with Gasteiger partial charge in [0.25, 0.3) is 0 Å². The number of fused-ring (bicyclic) bond motifs is 1. The third-order valence-corrected chi connectivity index (χ3v) is 5.38. The molecule has 0 saturated heterocycles. The number of hydrogen-bond acceptors (Lipinski definition) is 5. The van der Waals surface area contributed by atoms with Crippen LogP contribution in [0.1, 0.15) is 22.9 Å². The Morgan fingerprint density at radius 3 is 3.04 bits per heavy atom. The van der Waals surface area contributed by atoms with Crippen LogP contribution in [0.5, 0.6) is 0 Å². The average Bonchev–Trinajstić information content (AvgIpc) is 3.12. The van der Waals surface area contributed by atoms with Crippen molar-refractivity contribution in [2.45, 2.75) is 19.3 Å². The molecule has 3 aromatic rings. The predicted octanol–water partition coefficient (Wildman–Crippen LogP) is 3.16. The number of nitrogens with one attached hydrogen (secondary N) is 2. The van der Waals surface area contributed by atoms with Gasteiger partial charge in [-0.2, -0.15) is 5.10 Å². The van der Waals surface area contributed by atoms with Crippen LogP contribution in [-0.2, 0) is 4.79 Å². The number of aromatic amines is 1. The van der Waals surface area contributed by atoms with Gasteiger partial charge in [0.2, 0.25) is 5.91 Å². The van der Waals surface area contributed by atoms with Crippen molar-refractivity contribution in [1.82, 2.24) is 15.2 Å². The van der Waals surface area contributed by atoms with Crippen molar-refractivity contribution in [3.63, 3.8) is 0 Å². The van der Waals surface area contributed by atoms with E-state index >= 15 is 0 Å². The largest absolute Gasteiger partial charge is 0.330 e. The third kappa shape index (κ3) is 3.60. The minimum atomic E-state index is -0.0766. The lowest BCUT2D eigenvalue weighted by Crippen LogP contribution is -2.20. The van der Waals surface area contributed by atoms with E-state index in [-0.39, 0.29) is 11.8 Å². The Morgan fingerprint density at radius 1 is 1.52 bits per heavy atom. The maximum absolute atomic E-state index is 12.3. The van der Waals surface area contributed by atoms with E-state index in [9.17, 15) is 4.79 Å². The molecule has 0 fully saturated rings. The first-order valence-corrected chi connectivity index (χ1v) is 8.73. The minimum Gasteiger partial charge on any atom is -0.330 e. The van der Waals surface area contributed by atoms with Crippen molar-refractivity contribution >= 4 is 49.9 Å². The van der Waals surface area contributed by atoms with Crippen LogP contribution >= 0.6 is 27.3 Å². The van der Waals surface area contributed by atoms with Gasteiger partial charge in [0.15, 0.2) is 5.65 Å². The van der Waals surface area contributed by atoms with E-state index in [4.69, 9.17) is 5.73 Å². The fraction of sp³-hybridized carbons (Fsp3) is 0.267. The summed E-state index contributed by atoms with van der Waals surface area (Å²) in [5.74, 6) is -0.0640. The van der Waals surface area contributed by atoms with Crippen LogP contribution in [0.2, 0.25) is 0 Å². The van der Waals surface area contributed by atoms with Gasteiger partial charge >= 0.3 is 0 Å². The highest BCUT2D eigenvalue weighted by Gasteiger charge is 2.17. The van der Waals surface area contributed by atoms with E-state index in [2.05, 4.69) is 36.4 Å². The second kappa shape index (κ2) is 6.77. The summed E-state index contributed by atoms with van der Waals surface area (Å²) < 4.78 is 1.04. The van der Waals surface area contributed by atoms with Crippen molar-refractivity contribution < 1.29 is 4.79 Å². The quantitative estimate of drug-likeness (QED) is 0.619. The Kier molecular flexibility index (Phi) is 4.74. The fourth-order valence-electron chi connectivity index (χ4n) is 2.37. The molecule has 0 aliphatic rings. The van der Waals surface area contributed by atoms with E-state index in [1.165, 1.54) is 0 Å². The lowest BCUT2D eigenvalue weighted by molar-refractivity contribution is -0.116. The SMILES string of the molecule is Cc1[nH]nc2ncc(NC(=O)CC(CN)c3ccc(Br)s3)cc12. The molecule has 1 unspecified atom stereocenters. The van der Waals surface area contributed by atoms with Gasteiger partial charge in [0, 0.05) is 34.8 Å². The van der Waals surface area contributed by atoms with Gasteiger partial charge in [-0.3, -0.25) is 9.89 Å². The summed E-state index contributed by atoms with van der Waals surface area (Å²) >= 11 is 5.04. The second-order valence-electron chi connectivity index (χ2n) is 5.27. The highest BCUT2D eigenvalue weighted by atomic mass is 79.9. The number of aromatic nitrogens is 3. The molecule has 1 atom stereocenters. The highest BCUT2D eigenvalue weighted by Crippen LogP contribution is 2.30. The number of hydrogen-bond donors (Lipinski definition) is 3. The smallest absolute Gasteiger partial charge is 0.225 e. The van der Waals surface area contributed by atoms with Gasteiger partial charge in [0.1, 0.15) is 0 Å². The molecule has 0 saturated carbocycles. The van der Waals surface area contributed by atoms with Crippen molar-refractivity contribution in [1.29, 1.82) is 0 Å². The highest BCUT2D eigenvalue weighted by molar-refractivity contribution is 9.11. The standard InChI is InChI=1S/C15H16BrN5OS/c1-8-11-5-10(7-18-15(11)21-20-8)19-14(22)4-9(6-17)12-2-3-13(16)23-12/h2-3,5,7,9H,4,6,17H2,1H3,(H,19,22)(H,18,20,21). The summed E-state index contributed by atoms with van der Waals surface area (Å²) in [5, 5.41) is 10.7. The van der Waals surface area contributed by atoms with E-state index in [1.807, 2.05) is 25.1 Å². The van der Waals surface area contributed by atoms with Gasteiger partial charge in [-0.05, 0) is 41.1 Å². The van der Waals surface area contributed by atoms with Gasteiger partial charge in [-0.1, -0.05) is 0 Å². The number of amides is 1. The zero-order valence-electron chi connectivity index (χ0n) is 12.5. The lowest BCUT2D eigenvalue weighted by atomic mass is 10.0. The fourth-order valence-corrected chi connectivity index (χ4v) is 3.91. The van der Waals surface area contributed by atoms with Crippen LogP contribution in [0.4, 0.5) is 5.69 Å². The summed E-state index contributed by atoms with van der Waals surface area (Å²) in [6, 6.07) is 5.85. The van der Waals surface area contributed by atoms with Gasteiger partial charge in [0.05, 0.1) is 15.7 Å². The number of aryl methyl sites for hydroxylation is 1. The van der Waals surface area contributed by atoms with E-state index in [0.717, 1.165) is 19.7 Å². The van der Waals surface area contributed by atoms with Crippen LogP contribution in [0, 0.1) is 6.92 Å². The minimum absolute atomic E-state index is 0.0126. The molecule has 0 bridgehead atoms. The average molecular weight is 394 g/mol. The van der Waals surface area contributed by atoms with Crippen molar-refractivity contribution in [3.8, 4) is 0 Å². The summed E-state index contributed by atoms with van der Waals surface area (Å²) in [6.45, 7) is 2.35. The Balaban J connectivity index is 1.71. The van der Waals surface area contributed by atoms with Gasteiger partial charge < -0.3 is 11.1 Å². The topological polar surface area (TPSA) is 96.7 Å². The zero-order valence-corrected chi connectivity index (χ0v) is 14.9. The Morgan fingerprint density at radius 2 is 2.35 bits per heavy atom. The number of halogens is 1. The second-order valence-corrected chi connectivity index (χ2v) is 7.77. The number of carbonyl (C=O) groups excluding carboxylic acids is 1. The molecule has 3 rings (SSSR count). The molecule has 0 spiro atoms. The number of H-pyrrole nitrogens is 1. The summed E-state index contributed by atoms with van der Waals surface area (Å²) in [7, 11) is 0. The molecule has 8 heteroatoms. The van der Waals surface area contributed by atoms with E-state index < -0.39 is 0 Å². The normalized spacial score (nSPS) is 12.5. The molecule has 0 aliphatic heterocycles. The first-order valence-electron chi connectivity index (χ1n) is 7.12. The van der Waals surface area contributed by atoms with Crippen LogP contribution in [-0.4, -0.2) is 27.6 Å². The Labute approximate surface area is 145 Å². The maximum atomic E-state index is 12.3. The maximum Gasteiger partial charge on any atom is 0.225 e. The van der Waals surface area contributed by atoms with E-state index in [1.54, 1.807) is 17.5 Å². The Hall–Kier alpha value is -1.77. The number of thiophene rings is 1. The van der Waals surface area contributed by atoms with Crippen molar-refractivity contribution in [2.24, 2.45) is 5.73 Å². The Bertz CT molecular complexity index is 843. The van der Waals surface area contributed by atoms with Crippen molar-refractivity contribution in [2.75, 3.05) is 11.9 Å². The number of nitrogens with two attached hydrogens (primary N) is 1. The first-order chi connectivity index (χ1) is 11.1. The summed E-state index contributed by atoms with van der Waals surface area (Å²) in [5.41, 5.74) is 8.05. The first kappa shape index (κ1) is 16.1. The number of rotatable bonds is 5. The molecule has 0 radical (unpaired) electrons. The van der Waals surface area contributed by atoms with Crippen LogP contribution in [0.3, 0.4) is 0 Å². The molecule has 3 heterocycles. The monoisotopic (exact) mass is 393 g/mol. The lowest BCUT2D eigenvalue weighted by Gasteiger charge is -2.13. The molecule has 4 N–H and O–H groups in total. The zero-order chi connectivity index (χ0) is 16.4. The molecule has 1 amide bonds. The van der Waals surface area contributed by atoms with Crippen LogP contribution < -0.4 is 11.1 Å². The van der Waals surface area contributed by atoms with E-state index in [0.29, 0.717) is 24.3 Å². The van der Waals surface area contributed by atoms with Gasteiger partial charge in [-0.15, -0.1) is 11.3 Å². The molecule has 0 aromatic carbocycles. The van der Waals surface area contributed by atoms with Crippen LogP contribution in [0.15, 0.2) is 28.2 Å².